The van der Waals surface area contributed by atoms with Gasteiger partial charge in [-0.2, -0.15) is 0 Å². The molecule has 1 atom stereocenters. The first-order chi connectivity index (χ1) is 16.3. The lowest BCUT2D eigenvalue weighted by atomic mass is 9.95. The van der Waals surface area contributed by atoms with Gasteiger partial charge in [0.05, 0.1) is 31.4 Å². The lowest BCUT2D eigenvalue weighted by Gasteiger charge is -2.25. The number of amides is 1. The van der Waals surface area contributed by atoms with Crippen molar-refractivity contribution in [3.63, 3.8) is 0 Å². The van der Waals surface area contributed by atoms with Gasteiger partial charge in [-0.25, -0.2) is 4.79 Å². The number of methoxy groups -OCH3 is 2. The van der Waals surface area contributed by atoms with E-state index in [0.29, 0.717) is 33.1 Å². The Morgan fingerprint density at radius 3 is 2.03 bits per heavy atom. The number of Topliss-reactive ketones (excluding diaryl/α,β-unsaturated/α-hetero) is 1. The number of hydrogen-bond acceptors (Lipinski definition) is 6. The number of aliphatic hydroxyl groups excluding tert-OH is 1. The topological polar surface area (TPSA) is 93.1 Å². The molecule has 0 saturated carbocycles. The third kappa shape index (κ3) is 4.13. The maximum absolute atomic E-state index is 13.2. The maximum atomic E-state index is 13.2. The monoisotopic (exact) mass is 477 g/mol. The molecule has 4 rings (SSSR count). The van der Waals surface area contributed by atoms with Gasteiger partial charge in [0.2, 0.25) is 0 Å². The number of benzene rings is 3. The summed E-state index contributed by atoms with van der Waals surface area (Å²) in [6, 6.07) is 18.4. The van der Waals surface area contributed by atoms with E-state index in [1.54, 1.807) is 60.7 Å². The van der Waals surface area contributed by atoms with Crippen LogP contribution < -0.4 is 9.64 Å². The summed E-state index contributed by atoms with van der Waals surface area (Å²) in [4.78, 5) is 39.5. The first-order valence-electron chi connectivity index (χ1n) is 10.2. The molecule has 1 fully saturated rings. The highest BCUT2D eigenvalue weighted by Gasteiger charge is 2.47. The molecule has 7 nitrogen and oxygen atoms in total. The number of ketones is 1. The number of halogens is 1. The van der Waals surface area contributed by atoms with Crippen molar-refractivity contribution in [3.05, 3.63) is 100 Å². The van der Waals surface area contributed by atoms with Gasteiger partial charge < -0.3 is 14.6 Å². The fraction of sp³-hybridized carbons (Fsp3) is 0.115. The largest absolute Gasteiger partial charge is 0.507 e. The second-order valence-electron chi connectivity index (χ2n) is 7.49. The van der Waals surface area contributed by atoms with Crippen LogP contribution in [0.2, 0.25) is 5.02 Å². The van der Waals surface area contributed by atoms with Gasteiger partial charge in [-0.05, 0) is 66.2 Å². The van der Waals surface area contributed by atoms with Crippen LogP contribution in [0.15, 0.2) is 78.4 Å². The molecule has 1 unspecified atom stereocenters. The van der Waals surface area contributed by atoms with Crippen molar-refractivity contribution < 1.29 is 29.0 Å². The van der Waals surface area contributed by atoms with Crippen LogP contribution in [0.3, 0.4) is 0 Å². The van der Waals surface area contributed by atoms with Crippen LogP contribution in [0.4, 0.5) is 5.69 Å². The lowest BCUT2D eigenvalue weighted by Crippen LogP contribution is -2.29. The lowest BCUT2D eigenvalue weighted by molar-refractivity contribution is -0.132. The molecular weight excluding hydrogens is 458 g/mol. The van der Waals surface area contributed by atoms with E-state index in [2.05, 4.69) is 0 Å². The van der Waals surface area contributed by atoms with E-state index >= 15 is 0 Å². The van der Waals surface area contributed by atoms with Crippen molar-refractivity contribution in [1.29, 1.82) is 0 Å². The van der Waals surface area contributed by atoms with E-state index < -0.39 is 23.7 Å². The average molecular weight is 478 g/mol. The molecule has 1 heterocycles. The number of nitrogens with zero attached hydrogens (tertiary/aromatic N) is 1. The number of rotatable bonds is 5. The van der Waals surface area contributed by atoms with Crippen molar-refractivity contribution in [3.8, 4) is 5.75 Å². The zero-order valence-corrected chi connectivity index (χ0v) is 19.1. The molecule has 1 amide bonds. The molecule has 0 bridgehead atoms. The summed E-state index contributed by atoms with van der Waals surface area (Å²) in [5.74, 6) is -1.87. The highest BCUT2D eigenvalue weighted by atomic mass is 35.5. The second-order valence-corrected chi connectivity index (χ2v) is 7.92. The third-order valence-electron chi connectivity index (χ3n) is 5.56. The van der Waals surface area contributed by atoms with Gasteiger partial charge in [-0.15, -0.1) is 0 Å². The van der Waals surface area contributed by atoms with Gasteiger partial charge in [-0.1, -0.05) is 23.7 Å². The predicted octanol–water partition coefficient (Wildman–Crippen LogP) is 4.76. The zero-order chi connectivity index (χ0) is 24.4. The Hall–Kier alpha value is -4.10. The van der Waals surface area contributed by atoms with Crippen LogP contribution in [-0.4, -0.2) is 37.0 Å². The summed E-state index contributed by atoms with van der Waals surface area (Å²) in [6.07, 6.45) is 0. The smallest absolute Gasteiger partial charge is 0.337 e. The predicted molar refractivity (Wildman–Crippen MR) is 127 cm³/mol. The Balaban J connectivity index is 1.88. The number of carbonyl (C=O) groups is 3. The molecule has 0 aliphatic carbocycles. The third-order valence-corrected chi connectivity index (χ3v) is 5.81. The molecule has 1 aliphatic rings. The van der Waals surface area contributed by atoms with Crippen molar-refractivity contribution in [2.45, 2.75) is 6.04 Å². The Bertz CT molecular complexity index is 1280. The number of anilines is 1. The molecule has 172 valence electrons. The van der Waals surface area contributed by atoms with E-state index in [-0.39, 0.29) is 11.3 Å². The van der Waals surface area contributed by atoms with Crippen molar-refractivity contribution in [2.24, 2.45) is 0 Å². The molecule has 0 aromatic heterocycles. The van der Waals surface area contributed by atoms with Crippen LogP contribution in [0.1, 0.15) is 27.5 Å². The first-order valence-corrected chi connectivity index (χ1v) is 10.6. The molecule has 1 N–H and O–H groups in total. The Kier molecular flexibility index (Phi) is 6.38. The Morgan fingerprint density at radius 1 is 0.882 bits per heavy atom. The van der Waals surface area contributed by atoms with E-state index in [4.69, 9.17) is 21.1 Å². The highest BCUT2D eigenvalue weighted by molar-refractivity contribution is 6.51. The van der Waals surface area contributed by atoms with Crippen molar-refractivity contribution in [2.75, 3.05) is 19.1 Å². The SMILES string of the molecule is COC(=O)c1ccc(N2C(=O)C(=O)/C(=C(/O)c3ccc(Cl)cc3)C2c2ccc(OC)cc2)cc1. The number of esters is 1. The highest BCUT2D eigenvalue weighted by Crippen LogP contribution is 2.42. The minimum Gasteiger partial charge on any atom is -0.507 e. The Labute approximate surface area is 200 Å². The van der Waals surface area contributed by atoms with E-state index in [1.165, 1.54) is 31.3 Å². The zero-order valence-electron chi connectivity index (χ0n) is 18.3. The molecule has 1 saturated heterocycles. The van der Waals surface area contributed by atoms with Gasteiger partial charge in [0.1, 0.15) is 11.5 Å². The summed E-state index contributed by atoms with van der Waals surface area (Å²) < 4.78 is 9.94. The van der Waals surface area contributed by atoms with Gasteiger partial charge in [-0.3, -0.25) is 14.5 Å². The van der Waals surface area contributed by atoms with Crippen LogP contribution >= 0.6 is 11.6 Å². The molecule has 3 aromatic rings. The summed E-state index contributed by atoms with van der Waals surface area (Å²) in [5, 5.41) is 11.6. The van der Waals surface area contributed by atoms with Gasteiger partial charge in [0, 0.05) is 16.3 Å². The molecule has 3 aromatic carbocycles. The van der Waals surface area contributed by atoms with Gasteiger partial charge in [0.25, 0.3) is 11.7 Å². The van der Waals surface area contributed by atoms with Crippen LogP contribution in [0.25, 0.3) is 5.76 Å². The first kappa shape index (κ1) is 23.1. The molecular formula is C26H20ClNO6. The van der Waals surface area contributed by atoms with Crippen LogP contribution in [0, 0.1) is 0 Å². The maximum Gasteiger partial charge on any atom is 0.337 e. The van der Waals surface area contributed by atoms with Gasteiger partial charge in [0.15, 0.2) is 0 Å². The Morgan fingerprint density at radius 2 is 1.47 bits per heavy atom. The second kappa shape index (κ2) is 9.41. The molecule has 8 heteroatoms. The standard InChI is InChI=1S/C26H20ClNO6/c1-33-20-13-7-15(8-14-20)22-21(23(29)16-3-9-18(27)10-4-16)24(30)25(31)28(22)19-11-5-17(6-12-19)26(32)34-2/h3-14,22,29H,1-2H3/b23-21+. The summed E-state index contributed by atoms with van der Waals surface area (Å²) in [6.45, 7) is 0. The number of aliphatic hydroxyl groups is 1. The molecule has 1 aliphatic heterocycles. The minimum absolute atomic E-state index is 0.0606. The van der Waals surface area contributed by atoms with Crippen molar-refractivity contribution >= 4 is 40.7 Å². The summed E-state index contributed by atoms with van der Waals surface area (Å²) in [7, 11) is 2.81. The van der Waals surface area contributed by atoms with E-state index in [1.807, 2.05) is 0 Å². The van der Waals surface area contributed by atoms with Crippen LogP contribution in [-0.2, 0) is 14.3 Å². The molecule has 34 heavy (non-hydrogen) atoms. The average Bonchev–Trinajstić information content (AvgIpc) is 3.14. The van der Waals surface area contributed by atoms with Crippen LogP contribution in [0.5, 0.6) is 5.75 Å². The normalized spacial score (nSPS) is 17.0. The minimum atomic E-state index is -0.912. The number of hydrogen-bond donors (Lipinski definition) is 1. The number of carbonyl (C=O) groups excluding carboxylic acids is 3. The molecule has 0 radical (unpaired) electrons. The summed E-state index contributed by atoms with van der Waals surface area (Å²) >= 11 is 5.96. The molecule has 0 spiro atoms. The fourth-order valence-electron chi connectivity index (χ4n) is 3.84. The van der Waals surface area contributed by atoms with Gasteiger partial charge >= 0.3 is 5.97 Å². The summed E-state index contributed by atoms with van der Waals surface area (Å²) in [5.41, 5.74) is 1.56. The number of ether oxygens (including phenoxy) is 2. The quantitative estimate of drug-likeness (QED) is 0.246. The van der Waals surface area contributed by atoms with E-state index in [9.17, 15) is 19.5 Å². The fourth-order valence-corrected chi connectivity index (χ4v) is 3.97. The van der Waals surface area contributed by atoms with E-state index in [0.717, 1.165) is 0 Å². The van der Waals surface area contributed by atoms with Crippen molar-refractivity contribution in [1.82, 2.24) is 0 Å².